The second-order valence-electron chi connectivity index (χ2n) is 4.13. The molecule has 0 aliphatic heterocycles. The number of guanidine groups is 1. The topological polar surface area (TPSA) is 67.1 Å². The lowest BCUT2D eigenvalue weighted by Gasteiger charge is -2.12. The number of hydrogen-bond acceptors (Lipinski definition) is 3. The van der Waals surface area contributed by atoms with Gasteiger partial charge in [0.05, 0.1) is 18.8 Å². The average Bonchev–Trinajstić information content (AvgIpc) is 2.97. The van der Waals surface area contributed by atoms with E-state index in [2.05, 4.69) is 25.6 Å². The molecular formula is C13H17F2IN6. The van der Waals surface area contributed by atoms with Crippen molar-refractivity contribution in [3.05, 3.63) is 48.3 Å². The van der Waals surface area contributed by atoms with Crippen LogP contribution < -0.4 is 10.6 Å². The Morgan fingerprint density at radius 1 is 1.23 bits per heavy atom. The molecule has 0 spiro atoms. The van der Waals surface area contributed by atoms with Crippen LogP contribution >= 0.6 is 24.0 Å². The molecule has 0 amide bonds. The van der Waals surface area contributed by atoms with Gasteiger partial charge in [-0.1, -0.05) is 6.07 Å². The standard InChI is InChI=1S/C13H16F2N6.HI/c1-16-13(19-8-10-4-2-3-5-17-10)20-9-11-18-6-7-21(11)12(14)15;/h2-7,12H,8-9H2,1H3,(H2,16,19,20);1H. The Morgan fingerprint density at radius 3 is 2.64 bits per heavy atom. The van der Waals surface area contributed by atoms with Crippen LogP contribution in [-0.4, -0.2) is 27.5 Å². The first-order chi connectivity index (χ1) is 10.2. The zero-order valence-corrected chi connectivity index (χ0v) is 14.2. The zero-order valence-electron chi connectivity index (χ0n) is 11.9. The Bertz CT molecular complexity index is 587. The molecule has 0 saturated carbocycles. The molecule has 120 valence electrons. The van der Waals surface area contributed by atoms with Gasteiger partial charge in [-0.25, -0.2) is 4.98 Å². The first-order valence-electron chi connectivity index (χ1n) is 6.35. The van der Waals surface area contributed by atoms with Crippen molar-refractivity contribution in [3.63, 3.8) is 0 Å². The Hall–Kier alpha value is -1.78. The van der Waals surface area contributed by atoms with Gasteiger partial charge in [0.15, 0.2) is 5.96 Å². The number of halogens is 3. The second-order valence-corrected chi connectivity index (χ2v) is 4.13. The molecule has 0 unspecified atom stereocenters. The van der Waals surface area contributed by atoms with E-state index in [4.69, 9.17) is 0 Å². The maximum absolute atomic E-state index is 12.7. The Morgan fingerprint density at radius 2 is 2.00 bits per heavy atom. The summed E-state index contributed by atoms with van der Waals surface area (Å²) in [6, 6.07) is 5.60. The normalized spacial score (nSPS) is 11.2. The van der Waals surface area contributed by atoms with Gasteiger partial charge in [0, 0.05) is 25.6 Å². The van der Waals surface area contributed by atoms with Gasteiger partial charge in [-0.05, 0) is 12.1 Å². The van der Waals surface area contributed by atoms with E-state index in [-0.39, 0.29) is 36.3 Å². The lowest BCUT2D eigenvalue weighted by atomic mass is 10.3. The molecule has 0 saturated heterocycles. The molecule has 2 heterocycles. The van der Waals surface area contributed by atoms with Crippen LogP contribution in [0.5, 0.6) is 0 Å². The number of aliphatic imine (C=N–C) groups is 1. The fourth-order valence-electron chi connectivity index (χ4n) is 1.72. The molecule has 2 aromatic heterocycles. The van der Waals surface area contributed by atoms with Crippen molar-refractivity contribution < 1.29 is 8.78 Å². The van der Waals surface area contributed by atoms with E-state index in [1.165, 1.54) is 12.4 Å². The predicted octanol–water partition coefficient (Wildman–Crippen LogP) is 2.16. The third-order valence-corrected chi connectivity index (χ3v) is 2.76. The Kier molecular flexibility index (Phi) is 7.71. The highest BCUT2D eigenvalue weighted by molar-refractivity contribution is 14.0. The summed E-state index contributed by atoms with van der Waals surface area (Å²) in [5.74, 6) is 0.732. The molecule has 0 aliphatic rings. The molecule has 9 heteroatoms. The summed E-state index contributed by atoms with van der Waals surface area (Å²) in [6.07, 6.45) is 4.28. The third kappa shape index (κ3) is 5.20. The number of alkyl halides is 2. The van der Waals surface area contributed by atoms with Crippen LogP contribution in [0.3, 0.4) is 0 Å². The van der Waals surface area contributed by atoms with E-state index >= 15 is 0 Å². The average molecular weight is 422 g/mol. The molecule has 2 rings (SSSR count). The highest BCUT2D eigenvalue weighted by atomic mass is 127. The highest BCUT2D eigenvalue weighted by Crippen LogP contribution is 2.11. The fourth-order valence-corrected chi connectivity index (χ4v) is 1.72. The lowest BCUT2D eigenvalue weighted by Crippen LogP contribution is -2.37. The van der Waals surface area contributed by atoms with Crippen molar-refractivity contribution in [1.82, 2.24) is 25.2 Å². The summed E-state index contributed by atoms with van der Waals surface area (Å²) in [5.41, 5.74) is 0.856. The van der Waals surface area contributed by atoms with E-state index in [9.17, 15) is 8.78 Å². The van der Waals surface area contributed by atoms with Gasteiger partial charge in [0.25, 0.3) is 0 Å². The van der Waals surface area contributed by atoms with Crippen LogP contribution in [0.4, 0.5) is 8.78 Å². The monoisotopic (exact) mass is 422 g/mol. The number of rotatable bonds is 5. The summed E-state index contributed by atoms with van der Waals surface area (Å²) in [6.45, 7) is -1.96. The third-order valence-electron chi connectivity index (χ3n) is 2.76. The van der Waals surface area contributed by atoms with Gasteiger partial charge in [0.2, 0.25) is 0 Å². The van der Waals surface area contributed by atoms with E-state index in [1.54, 1.807) is 13.2 Å². The molecular weight excluding hydrogens is 405 g/mol. The van der Waals surface area contributed by atoms with Crippen molar-refractivity contribution in [2.24, 2.45) is 4.99 Å². The van der Waals surface area contributed by atoms with Crippen LogP contribution in [-0.2, 0) is 13.1 Å². The first kappa shape index (κ1) is 18.3. The minimum Gasteiger partial charge on any atom is -0.351 e. The second kappa shape index (κ2) is 9.28. The fraction of sp³-hybridized carbons (Fsp3) is 0.308. The van der Waals surface area contributed by atoms with Gasteiger partial charge in [0.1, 0.15) is 5.82 Å². The largest absolute Gasteiger partial charge is 0.351 e. The van der Waals surface area contributed by atoms with E-state index in [1.807, 2.05) is 18.2 Å². The van der Waals surface area contributed by atoms with E-state index in [0.717, 1.165) is 10.3 Å². The number of nitrogens with zero attached hydrogens (tertiary/aromatic N) is 4. The summed E-state index contributed by atoms with van der Waals surface area (Å²) in [5, 5.41) is 5.98. The number of pyridine rings is 1. The number of aromatic nitrogens is 3. The number of imidazole rings is 1. The van der Waals surface area contributed by atoms with Gasteiger partial charge in [-0.2, -0.15) is 8.78 Å². The minimum absolute atomic E-state index is 0. The molecule has 2 N–H and O–H groups in total. The Labute approximate surface area is 144 Å². The van der Waals surface area contributed by atoms with Crippen molar-refractivity contribution >= 4 is 29.9 Å². The van der Waals surface area contributed by atoms with Crippen molar-refractivity contribution in [1.29, 1.82) is 0 Å². The van der Waals surface area contributed by atoms with Gasteiger partial charge in [-0.3, -0.25) is 14.5 Å². The Balaban J connectivity index is 0.00000242. The maximum Gasteiger partial charge on any atom is 0.319 e. The van der Waals surface area contributed by atoms with Crippen LogP contribution in [0.1, 0.15) is 18.1 Å². The number of nitrogens with one attached hydrogen (secondary N) is 2. The molecule has 0 bridgehead atoms. The molecule has 6 nitrogen and oxygen atoms in total. The predicted molar refractivity (Wildman–Crippen MR) is 90.2 cm³/mol. The number of hydrogen-bond donors (Lipinski definition) is 2. The van der Waals surface area contributed by atoms with E-state index < -0.39 is 6.55 Å². The van der Waals surface area contributed by atoms with Crippen molar-refractivity contribution in [2.45, 2.75) is 19.6 Å². The molecule has 2 aromatic rings. The molecule has 22 heavy (non-hydrogen) atoms. The lowest BCUT2D eigenvalue weighted by molar-refractivity contribution is 0.0668. The summed E-state index contributed by atoms with van der Waals surface area (Å²) < 4.78 is 26.2. The van der Waals surface area contributed by atoms with Crippen molar-refractivity contribution in [3.8, 4) is 0 Å². The first-order valence-corrected chi connectivity index (χ1v) is 6.35. The molecule has 0 atom stereocenters. The minimum atomic E-state index is -2.60. The zero-order chi connectivity index (χ0) is 15.1. The van der Waals surface area contributed by atoms with Crippen LogP contribution in [0.2, 0.25) is 0 Å². The van der Waals surface area contributed by atoms with E-state index in [0.29, 0.717) is 12.5 Å². The summed E-state index contributed by atoms with van der Waals surface area (Å²) >= 11 is 0. The molecule has 0 aromatic carbocycles. The SMILES string of the molecule is CN=C(NCc1ccccn1)NCc1nccn1C(F)F.I. The summed E-state index contributed by atoms with van der Waals surface area (Å²) in [4.78, 5) is 12.1. The van der Waals surface area contributed by atoms with Crippen LogP contribution in [0.15, 0.2) is 41.8 Å². The molecule has 0 radical (unpaired) electrons. The molecule has 0 fully saturated rings. The van der Waals surface area contributed by atoms with Crippen LogP contribution in [0, 0.1) is 0 Å². The van der Waals surface area contributed by atoms with Crippen molar-refractivity contribution in [2.75, 3.05) is 7.05 Å². The van der Waals surface area contributed by atoms with Gasteiger partial charge >= 0.3 is 6.55 Å². The van der Waals surface area contributed by atoms with Gasteiger partial charge < -0.3 is 10.6 Å². The van der Waals surface area contributed by atoms with Crippen LogP contribution in [0.25, 0.3) is 0 Å². The van der Waals surface area contributed by atoms with Gasteiger partial charge in [-0.15, -0.1) is 24.0 Å². The molecule has 0 aliphatic carbocycles. The quantitative estimate of drug-likeness (QED) is 0.441. The maximum atomic E-state index is 12.7. The highest BCUT2D eigenvalue weighted by Gasteiger charge is 2.11. The summed E-state index contributed by atoms with van der Waals surface area (Å²) in [7, 11) is 1.60. The smallest absolute Gasteiger partial charge is 0.319 e.